The molecule has 78 heavy (non-hydrogen) atoms. The summed E-state index contributed by atoms with van der Waals surface area (Å²) in [6, 6.07) is 35.7. The Morgan fingerprint density at radius 3 is 1.26 bits per heavy atom. The van der Waals surface area contributed by atoms with Crippen molar-refractivity contribution in [2.24, 2.45) is 35.5 Å². The van der Waals surface area contributed by atoms with Gasteiger partial charge in [0.25, 0.3) is 0 Å². The van der Waals surface area contributed by atoms with E-state index in [1.165, 1.54) is 14.2 Å². The SMILES string of the molecule is COC(=O)C[C@H](C(=O)N1C[C@H](Cn2cc(-c3ccccc3)nn2)C[C@H]1c1ncc(-c2ccc(-c3ccc(-c4cnc([C@@H]5C[C@@H](Cn6cc(-c7ccccc7)nn6)CN5C(=O)[C@@H](CC(=O)OC)C(C)C)[nH]4)cc3)cc2)[nH]1)C(C)C. The highest BCUT2D eigenvalue weighted by Gasteiger charge is 2.43. The van der Waals surface area contributed by atoms with Gasteiger partial charge in [-0.15, -0.1) is 10.2 Å². The van der Waals surface area contributed by atoms with Crippen molar-refractivity contribution in [1.82, 2.24) is 59.7 Å². The van der Waals surface area contributed by atoms with E-state index in [1.807, 2.05) is 132 Å². The van der Waals surface area contributed by atoms with Crippen molar-refractivity contribution < 1.29 is 28.7 Å². The van der Waals surface area contributed by atoms with Crippen LogP contribution in [0.5, 0.6) is 0 Å². The summed E-state index contributed by atoms with van der Waals surface area (Å²) in [5, 5.41) is 17.7. The minimum atomic E-state index is -0.549. The molecule has 8 aromatic rings. The summed E-state index contributed by atoms with van der Waals surface area (Å²) in [6.45, 7) is 9.91. The Balaban J connectivity index is 0.834. The Kier molecular flexibility index (Phi) is 15.8. The van der Waals surface area contributed by atoms with Crippen LogP contribution in [0.2, 0.25) is 0 Å². The highest BCUT2D eigenvalue weighted by molar-refractivity contribution is 5.85. The number of carbonyl (C=O) groups is 4. The van der Waals surface area contributed by atoms with Crippen molar-refractivity contribution in [3.8, 4) is 56.2 Å². The number of nitrogens with one attached hydrogen (secondary N) is 2. The molecule has 0 unspecified atom stereocenters. The maximum atomic E-state index is 14.4. The first kappa shape index (κ1) is 52.9. The Bertz CT molecular complexity index is 3110. The maximum Gasteiger partial charge on any atom is 0.306 e. The van der Waals surface area contributed by atoms with Gasteiger partial charge in [-0.1, -0.05) is 147 Å². The van der Waals surface area contributed by atoms with Crippen LogP contribution in [0.15, 0.2) is 134 Å². The first-order valence-electron chi connectivity index (χ1n) is 26.8. The fourth-order valence-electron chi connectivity index (χ4n) is 11.1. The lowest BCUT2D eigenvalue weighted by Gasteiger charge is -2.29. The molecule has 0 radical (unpaired) electrons. The molecule has 0 spiro atoms. The van der Waals surface area contributed by atoms with E-state index in [2.05, 4.69) is 79.1 Å². The van der Waals surface area contributed by atoms with Crippen molar-refractivity contribution in [2.75, 3.05) is 27.3 Å². The first-order chi connectivity index (χ1) is 37.8. The average molecular weight is 1050 g/mol. The molecule has 2 fully saturated rings. The number of aromatic nitrogens is 10. The Hall–Kier alpha value is -8.54. The van der Waals surface area contributed by atoms with Crippen LogP contribution in [-0.2, 0) is 41.7 Å². The van der Waals surface area contributed by atoms with Crippen molar-refractivity contribution in [3.05, 3.63) is 146 Å². The van der Waals surface area contributed by atoms with Crippen LogP contribution >= 0.6 is 0 Å². The van der Waals surface area contributed by atoms with Gasteiger partial charge in [0.15, 0.2) is 0 Å². The lowest BCUT2D eigenvalue weighted by molar-refractivity contribution is -0.148. The van der Waals surface area contributed by atoms with E-state index < -0.39 is 23.8 Å². The molecule has 0 saturated carbocycles. The monoisotopic (exact) mass is 1050 g/mol. The molecular weight excluding hydrogens is 985 g/mol. The number of likely N-dealkylation sites (tertiary alicyclic amines) is 2. The van der Waals surface area contributed by atoms with Crippen LogP contribution < -0.4 is 0 Å². The van der Waals surface area contributed by atoms with E-state index in [0.717, 1.165) is 56.2 Å². The van der Waals surface area contributed by atoms with Crippen molar-refractivity contribution >= 4 is 23.8 Å². The zero-order valence-corrected chi connectivity index (χ0v) is 44.9. The molecule has 18 heteroatoms. The molecule has 2 N–H and O–H groups in total. The number of esters is 2. The van der Waals surface area contributed by atoms with E-state index in [-0.39, 0.29) is 60.4 Å². The summed E-state index contributed by atoms with van der Waals surface area (Å²) >= 11 is 0. The third kappa shape index (κ3) is 11.7. The van der Waals surface area contributed by atoms with Crippen molar-refractivity contribution in [3.63, 3.8) is 0 Å². The van der Waals surface area contributed by atoms with Crippen LogP contribution in [0.1, 0.15) is 77.1 Å². The van der Waals surface area contributed by atoms with E-state index in [9.17, 15) is 19.2 Å². The number of rotatable bonds is 19. The van der Waals surface area contributed by atoms with E-state index in [4.69, 9.17) is 19.4 Å². The van der Waals surface area contributed by atoms with Gasteiger partial charge in [0.2, 0.25) is 11.8 Å². The lowest BCUT2D eigenvalue weighted by atomic mass is 9.90. The fraction of sp³-hybridized carbons (Fsp3) is 0.367. The molecule has 2 aliphatic rings. The first-order valence-corrected chi connectivity index (χ1v) is 26.8. The molecule has 4 aromatic heterocycles. The van der Waals surface area contributed by atoms with Crippen LogP contribution in [0, 0.1) is 35.5 Å². The zero-order valence-electron chi connectivity index (χ0n) is 44.9. The zero-order chi connectivity index (χ0) is 54.5. The molecule has 18 nitrogen and oxygen atoms in total. The number of hydrogen-bond acceptors (Lipinski definition) is 12. The second-order valence-corrected chi connectivity index (χ2v) is 21.4. The standard InChI is InChI=1S/C60H66N12O6/c1-37(2)47(27-55(73)77-5)59(75)71-33-39(31-69-35-51(65-67-69)43-13-9-7-10-14-43)25-53(71)57-61-29-49(63-57)45-21-17-41(18-22-45)42-19-23-46(24-20-42)50-30-62-58(64-50)54-26-40(32-70-36-52(66-68-70)44-15-11-8-12-16-44)34-72(54)60(76)48(38(3)4)28-56(74)78-6/h7-24,29-30,35-40,47-48,53-54H,25-28,31-34H2,1-6H3,(H,61,63)(H,62,64)/t39-,40-,47-,48-,53-,54-/m0/s1. The van der Waals surface area contributed by atoms with Gasteiger partial charge in [0.05, 0.1) is 87.2 Å². The number of H-pyrrole nitrogens is 2. The smallest absolute Gasteiger partial charge is 0.306 e. The summed E-state index contributed by atoms with van der Waals surface area (Å²) in [5.41, 5.74) is 9.12. The van der Waals surface area contributed by atoms with Crippen LogP contribution in [0.3, 0.4) is 0 Å². The Labute approximate surface area is 453 Å². The third-order valence-corrected chi connectivity index (χ3v) is 15.5. The summed E-state index contributed by atoms with van der Waals surface area (Å²) in [5.74, 6) is -0.813. The Morgan fingerprint density at radius 1 is 0.526 bits per heavy atom. The molecule has 2 aliphatic heterocycles. The van der Waals surface area contributed by atoms with E-state index >= 15 is 0 Å². The lowest BCUT2D eigenvalue weighted by Crippen LogP contribution is -2.39. The number of carbonyl (C=O) groups excluding carboxylic acids is 4. The van der Waals surface area contributed by atoms with Gasteiger partial charge in [-0.25, -0.2) is 9.97 Å². The van der Waals surface area contributed by atoms with Crippen molar-refractivity contribution in [2.45, 2.75) is 78.6 Å². The van der Waals surface area contributed by atoms with Gasteiger partial charge in [0, 0.05) is 37.3 Å². The molecule has 2 amide bonds. The summed E-state index contributed by atoms with van der Waals surface area (Å²) in [6.07, 6.45) is 8.81. The predicted octanol–water partition coefficient (Wildman–Crippen LogP) is 9.50. The molecule has 6 atom stereocenters. The quantitative estimate of drug-likeness (QED) is 0.0725. The summed E-state index contributed by atoms with van der Waals surface area (Å²) in [4.78, 5) is 74.5. The molecule has 10 rings (SSSR count). The van der Waals surface area contributed by atoms with Crippen molar-refractivity contribution in [1.29, 1.82) is 0 Å². The van der Waals surface area contributed by atoms with E-state index in [1.54, 1.807) is 0 Å². The van der Waals surface area contributed by atoms with E-state index in [0.29, 0.717) is 50.7 Å². The highest BCUT2D eigenvalue weighted by Crippen LogP contribution is 2.41. The van der Waals surface area contributed by atoms with Crippen LogP contribution in [-0.4, -0.2) is 111 Å². The number of aromatic amines is 2. The second kappa shape index (κ2) is 23.4. The number of amides is 2. The van der Waals surface area contributed by atoms with Gasteiger partial charge >= 0.3 is 11.9 Å². The Morgan fingerprint density at radius 2 is 0.897 bits per heavy atom. The van der Waals surface area contributed by atoms with Crippen LogP contribution in [0.25, 0.3) is 56.2 Å². The van der Waals surface area contributed by atoms with Gasteiger partial charge in [0.1, 0.15) is 23.0 Å². The number of methoxy groups -OCH3 is 2. The van der Waals surface area contributed by atoms with Gasteiger partial charge in [-0.3, -0.25) is 28.5 Å². The predicted molar refractivity (Wildman–Crippen MR) is 293 cm³/mol. The fourth-order valence-corrected chi connectivity index (χ4v) is 11.1. The molecule has 2 saturated heterocycles. The number of benzene rings is 4. The highest BCUT2D eigenvalue weighted by atomic mass is 16.5. The number of hydrogen-bond donors (Lipinski definition) is 2. The maximum absolute atomic E-state index is 14.4. The summed E-state index contributed by atoms with van der Waals surface area (Å²) < 4.78 is 13.7. The van der Waals surface area contributed by atoms with Gasteiger partial charge in [-0.05, 0) is 58.8 Å². The van der Waals surface area contributed by atoms with Crippen LogP contribution in [0.4, 0.5) is 0 Å². The normalized spacial score (nSPS) is 18.2. The number of imidazole rings is 2. The topological polar surface area (TPSA) is 212 Å². The molecule has 4 aromatic carbocycles. The summed E-state index contributed by atoms with van der Waals surface area (Å²) in [7, 11) is 2.70. The molecule has 0 aliphatic carbocycles. The number of nitrogens with zero attached hydrogens (tertiary/aromatic N) is 10. The van der Waals surface area contributed by atoms with Gasteiger partial charge < -0.3 is 29.2 Å². The number of ether oxygens (including phenoxy) is 2. The minimum absolute atomic E-state index is 0.000760. The molecule has 402 valence electrons. The van der Waals surface area contributed by atoms with Gasteiger partial charge in [-0.2, -0.15) is 0 Å². The average Bonchev–Trinajstić information content (AvgIpc) is 4.40. The minimum Gasteiger partial charge on any atom is -0.469 e. The molecule has 0 bridgehead atoms. The molecular formula is C60H66N12O6. The third-order valence-electron chi connectivity index (χ3n) is 15.5. The largest absolute Gasteiger partial charge is 0.469 e. The second-order valence-electron chi connectivity index (χ2n) is 21.4. The molecule has 6 heterocycles.